The summed E-state index contributed by atoms with van der Waals surface area (Å²) in [5.41, 5.74) is 2.07. The third-order valence-electron chi connectivity index (χ3n) is 4.71. The van der Waals surface area contributed by atoms with E-state index in [0.717, 1.165) is 0 Å². The lowest BCUT2D eigenvalue weighted by molar-refractivity contribution is 0.262. The summed E-state index contributed by atoms with van der Waals surface area (Å²) in [5.74, 6) is 1.01. The molecule has 0 radical (unpaired) electrons. The Labute approximate surface area is 177 Å². The van der Waals surface area contributed by atoms with Crippen molar-refractivity contribution >= 4 is 40.0 Å². The fourth-order valence-corrected chi connectivity index (χ4v) is 3.35. The fourth-order valence-electron chi connectivity index (χ4n) is 3.16. The van der Waals surface area contributed by atoms with Gasteiger partial charge in [0.05, 0.1) is 27.4 Å². The van der Waals surface area contributed by atoms with Crippen molar-refractivity contribution in [2.24, 2.45) is 14.1 Å². The van der Waals surface area contributed by atoms with Crippen molar-refractivity contribution in [2.75, 3.05) is 10.6 Å². The summed E-state index contributed by atoms with van der Waals surface area (Å²) in [6.45, 7) is 0. The molecular weight excluding hydrogens is 404 g/mol. The zero-order valence-corrected chi connectivity index (χ0v) is 17.1. The second-order valence-electron chi connectivity index (χ2n) is 6.71. The lowest BCUT2D eigenvalue weighted by atomic mass is 10.2. The Balaban J connectivity index is 1.73. The van der Waals surface area contributed by atoms with Gasteiger partial charge in [0.25, 0.3) is 0 Å². The van der Waals surface area contributed by atoms with E-state index in [0.29, 0.717) is 38.9 Å². The van der Waals surface area contributed by atoms with E-state index in [-0.39, 0.29) is 5.69 Å². The lowest BCUT2D eigenvalue weighted by Crippen LogP contribution is -2.20. The summed E-state index contributed by atoms with van der Waals surface area (Å²) in [7, 11) is 3.37. The fraction of sp³-hybridized carbons (Fsp3) is 0.0909. The molecule has 0 saturated heterocycles. The van der Waals surface area contributed by atoms with Crippen LogP contribution in [-0.4, -0.2) is 15.2 Å². The first-order valence-electron chi connectivity index (χ1n) is 9.19. The predicted molar refractivity (Wildman–Crippen MR) is 119 cm³/mol. The highest BCUT2D eigenvalue weighted by Crippen LogP contribution is 2.34. The summed E-state index contributed by atoms with van der Waals surface area (Å²) < 4.78 is 9.04. The van der Waals surface area contributed by atoms with Gasteiger partial charge >= 0.3 is 11.7 Å². The van der Waals surface area contributed by atoms with Crippen LogP contribution < -0.4 is 21.1 Å². The van der Waals surface area contributed by atoms with Crippen LogP contribution in [0.4, 0.5) is 16.2 Å². The molecule has 0 aliphatic carbocycles. The number of carbonyl (C=O) groups excluding carboxylic acids is 1. The average Bonchev–Trinajstić information content (AvgIpc) is 2.94. The number of halogens is 1. The minimum Gasteiger partial charge on any atom is -0.455 e. The molecule has 8 heteroatoms. The van der Waals surface area contributed by atoms with Crippen LogP contribution in [0.3, 0.4) is 0 Å². The molecule has 4 rings (SSSR count). The van der Waals surface area contributed by atoms with Crippen molar-refractivity contribution in [2.45, 2.75) is 0 Å². The molecule has 1 heterocycles. The lowest BCUT2D eigenvalue weighted by Gasteiger charge is -2.14. The number of para-hydroxylation sites is 2. The molecule has 0 aliphatic heterocycles. The van der Waals surface area contributed by atoms with Gasteiger partial charge in [-0.25, -0.2) is 9.59 Å². The third-order valence-corrected chi connectivity index (χ3v) is 5.04. The first kappa shape index (κ1) is 19.6. The number of hydrogen-bond donors (Lipinski definition) is 2. The van der Waals surface area contributed by atoms with Crippen LogP contribution in [0.15, 0.2) is 71.5 Å². The van der Waals surface area contributed by atoms with E-state index >= 15 is 0 Å². The Hall–Kier alpha value is -3.71. The van der Waals surface area contributed by atoms with Crippen molar-refractivity contribution < 1.29 is 9.53 Å². The molecule has 0 unspecified atom stereocenters. The number of benzene rings is 3. The monoisotopic (exact) mass is 422 g/mol. The summed E-state index contributed by atoms with van der Waals surface area (Å²) >= 11 is 6.12. The van der Waals surface area contributed by atoms with E-state index < -0.39 is 6.03 Å². The number of rotatable bonds is 4. The number of aryl methyl sites for hydroxylation is 2. The zero-order valence-electron chi connectivity index (χ0n) is 16.3. The van der Waals surface area contributed by atoms with Crippen LogP contribution in [0.1, 0.15) is 0 Å². The van der Waals surface area contributed by atoms with Crippen LogP contribution in [0.5, 0.6) is 11.5 Å². The van der Waals surface area contributed by atoms with Gasteiger partial charge in [-0.15, -0.1) is 0 Å². The summed E-state index contributed by atoms with van der Waals surface area (Å²) in [4.78, 5) is 25.0. The second kappa shape index (κ2) is 7.96. The van der Waals surface area contributed by atoms with Gasteiger partial charge in [-0.2, -0.15) is 0 Å². The van der Waals surface area contributed by atoms with Gasteiger partial charge in [-0.1, -0.05) is 41.9 Å². The number of carbonyl (C=O) groups is 1. The van der Waals surface area contributed by atoms with E-state index in [2.05, 4.69) is 10.6 Å². The molecular formula is C22H19ClN4O3. The molecule has 2 amide bonds. The van der Waals surface area contributed by atoms with Gasteiger partial charge in [-0.3, -0.25) is 9.13 Å². The minimum atomic E-state index is -0.485. The summed E-state index contributed by atoms with van der Waals surface area (Å²) in [6, 6.07) is 19.1. The molecule has 0 bridgehead atoms. The molecule has 30 heavy (non-hydrogen) atoms. The number of anilines is 2. The molecule has 0 aliphatic rings. The van der Waals surface area contributed by atoms with Gasteiger partial charge < -0.3 is 15.4 Å². The van der Waals surface area contributed by atoms with Crippen LogP contribution in [-0.2, 0) is 14.1 Å². The number of hydrogen-bond acceptors (Lipinski definition) is 3. The van der Waals surface area contributed by atoms with E-state index in [1.807, 2.05) is 30.3 Å². The topological polar surface area (TPSA) is 77.3 Å². The number of nitrogens with zero attached hydrogens (tertiary/aromatic N) is 2. The molecule has 0 fully saturated rings. The average molecular weight is 423 g/mol. The smallest absolute Gasteiger partial charge is 0.328 e. The molecule has 0 atom stereocenters. The summed E-state index contributed by atoms with van der Waals surface area (Å²) in [6.07, 6.45) is 0. The van der Waals surface area contributed by atoms with Crippen LogP contribution in [0.25, 0.3) is 11.0 Å². The molecule has 3 aromatic carbocycles. The van der Waals surface area contributed by atoms with Crippen molar-refractivity contribution in [3.05, 3.63) is 82.2 Å². The van der Waals surface area contributed by atoms with Crippen molar-refractivity contribution in [3.8, 4) is 11.5 Å². The van der Waals surface area contributed by atoms with Gasteiger partial charge in [0.2, 0.25) is 0 Å². The number of ether oxygens (including phenoxy) is 1. The standard InChI is InChI=1S/C22H19ClN4O3/c1-26-18-12-17(25-21(28)24-16-11-7-6-10-15(16)23)20(13-19(18)27(2)22(26)29)30-14-8-4-3-5-9-14/h3-13H,1-2H3,(H2,24,25,28). The van der Waals surface area contributed by atoms with E-state index in [1.165, 1.54) is 9.13 Å². The predicted octanol–water partition coefficient (Wildman–Crippen LogP) is 4.97. The molecule has 0 saturated carbocycles. The first-order chi connectivity index (χ1) is 14.4. The maximum absolute atomic E-state index is 12.6. The van der Waals surface area contributed by atoms with E-state index in [9.17, 15) is 9.59 Å². The van der Waals surface area contributed by atoms with Gasteiger partial charge in [0.15, 0.2) is 5.75 Å². The number of amides is 2. The highest BCUT2D eigenvalue weighted by Gasteiger charge is 2.16. The van der Waals surface area contributed by atoms with Crippen molar-refractivity contribution in [1.29, 1.82) is 0 Å². The number of aromatic nitrogens is 2. The molecule has 1 aromatic heterocycles. The summed E-state index contributed by atoms with van der Waals surface area (Å²) in [5, 5.41) is 5.94. The number of urea groups is 1. The highest BCUT2D eigenvalue weighted by molar-refractivity contribution is 6.33. The largest absolute Gasteiger partial charge is 0.455 e. The Morgan fingerprint density at radius 2 is 1.47 bits per heavy atom. The quantitative estimate of drug-likeness (QED) is 0.487. The maximum atomic E-state index is 12.6. The molecule has 4 aromatic rings. The van der Waals surface area contributed by atoms with E-state index in [4.69, 9.17) is 16.3 Å². The molecule has 152 valence electrons. The van der Waals surface area contributed by atoms with Crippen LogP contribution in [0.2, 0.25) is 5.02 Å². The Morgan fingerprint density at radius 3 is 2.17 bits per heavy atom. The van der Waals surface area contributed by atoms with E-state index in [1.54, 1.807) is 50.5 Å². The first-order valence-corrected chi connectivity index (χ1v) is 9.57. The Bertz CT molecular complexity index is 1300. The molecule has 2 N–H and O–H groups in total. The van der Waals surface area contributed by atoms with Crippen LogP contribution >= 0.6 is 11.6 Å². The zero-order chi connectivity index (χ0) is 21.3. The SMILES string of the molecule is Cn1c(=O)n(C)c2cc(Oc3ccccc3)c(NC(=O)Nc3ccccc3Cl)cc21. The Morgan fingerprint density at radius 1 is 0.867 bits per heavy atom. The van der Waals surface area contributed by atoms with Gasteiger partial charge in [0, 0.05) is 20.2 Å². The second-order valence-corrected chi connectivity index (χ2v) is 7.12. The number of imidazole rings is 1. The van der Waals surface area contributed by atoms with Crippen molar-refractivity contribution in [3.63, 3.8) is 0 Å². The maximum Gasteiger partial charge on any atom is 0.328 e. The van der Waals surface area contributed by atoms with Gasteiger partial charge in [0.1, 0.15) is 5.75 Å². The van der Waals surface area contributed by atoms with Crippen LogP contribution in [0, 0.1) is 0 Å². The molecule has 0 spiro atoms. The number of fused-ring (bicyclic) bond motifs is 1. The van der Waals surface area contributed by atoms with Crippen molar-refractivity contribution in [1.82, 2.24) is 9.13 Å². The third kappa shape index (κ3) is 3.75. The normalized spacial score (nSPS) is 10.8. The molecule has 7 nitrogen and oxygen atoms in total. The number of nitrogens with one attached hydrogen (secondary N) is 2. The minimum absolute atomic E-state index is 0.173. The van der Waals surface area contributed by atoms with Gasteiger partial charge in [-0.05, 0) is 30.3 Å². The highest BCUT2D eigenvalue weighted by atomic mass is 35.5. The Kier molecular flexibility index (Phi) is 5.20.